The van der Waals surface area contributed by atoms with E-state index in [2.05, 4.69) is 31.0 Å². The Kier molecular flexibility index (Phi) is 3.18. The van der Waals surface area contributed by atoms with Crippen molar-refractivity contribution in [2.45, 2.75) is 44.2 Å². The average Bonchev–Trinajstić information content (AvgIpc) is 2.51. The van der Waals surface area contributed by atoms with E-state index in [1.807, 2.05) is 12.3 Å². The minimum Gasteiger partial charge on any atom is -0.261 e. The molecule has 2 unspecified atom stereocenters. The monoisotopic (exact) mass is 207 g/mol. The molecule has 0 aliphatic carbocycles. The quantitative estimate of drug-likeness (QED) is 0.675. The van der Waals surface area contributed by atoms with Crippen LogP contribution in [0.25, 0.3) is 0 Å². The van der Waals surface area contributed by atoms with Crippen molar-refractivity contribution in [3.05, 3.63) is 30.1 Å². The summed E-state index contributed by atoms with van der Waals surface area (Å²) in [5, 5.41) is 0. The Morgan fingerprint density at radius 3 is 2.57 bits per heavy atom. The fourth-order valence-corrected chi connectivity index (χ4v) is 5.25. The van der Waals surface area contributed by atoms with Gasteiger partial charge in [-0.1, -0.05) is 27.8 Å². The molecule has 14 heavy (non-hydrogen) atoms. The van der Waals surface area contributed by atoms with E-state index in [4.69, 9.17) is 0 Å². The highest BCUT2D eigenvalue weighted by Gasteiger charge is 2.29. The first-order valence-corrected chi connectivity index (χ1v) is 7.09. The highest BCUT2D eigenvalue weighted by molar-refractivity contribution is 7.58. The second-order valence-electron chi connectivity index (χ2n) is 4.27. The van der Waals surface area contributed by atoms with Gasteiger partial charge in [-0.05, 0) is 36.3 Å². The van der Waals surface area contributed by atoms with Crippen LogP contribution in [0.2, 0.25) is 0 Å². The number of aromatic nitrogens is 1. The summed E-state index contributed by atoms with van der Waals surface area (Å²) < 4.78 is 0. The maximum absolute atomic E-state index is 4.43. The van der Waals surface area contributed by atoms with E-state index >= 15 is 0 Å². The van der Waals surface area contributed by atoms with Gasteiger partial charge in [-0.3, -0.25) is 4.98 Å². The van der Waals surface area contributed by atoms with Crippen molar-refractivity contribution in [2.24, 2.45) is 0 Å². The summed E-state index contributed by atoms with van der Waals surface area (Å²) in [4.78, 5) is 4.43. The zero-order valence-electron chi connectivity index (χ0n) is 8.98. The van der Waals surface area contributed by atoms with Gasteiger partial charge in [0.15, 0.2) is 0 Å². The van der Waals surface area contributed by atoms with E-state index in [-0.39, 0.29) is 7.92 Å². The number of hydrogen-bond donors (Lipinski definition) is 0. The lowest BCUT2D eigenvalue weighted by Crippen LogP contribution is -2.00. The maximum Gasteiger partial charge on any atom is 0.0446 e. The maximum atomic E-state index is 4.43. The molecule has 1 fully saturated rings. The van der Waals surface area contributed by atoms with Crippen LogP contribution in [0.4, 0.5) is 0 Å². The molecule has 0 N–H and O–H groups in total. The first-order chi connectivity index (χ1) is 6.77. The van der Waals surface area contributed by atoms with E-state index in [1.165, 1.54) is 24.7 Å². The minimum absolute atomic E-state index is 0.194. The Balaban J connectivity index is 2.04. The summed E-state index contributed by atoms with van der Waals surface area (Å²) in [6.07, 6.45) is 6.01. The highest BCUT2D eigenvalue weighted by Crippen LogP contribution is 2.57. The number of pyridine rings is 1. The van der Waals surface area contributed by atoms with Gasteiger partial charge in [0.25, 0.3) is 0 Å². The molecule has 1 aromatic heterocycles. The van der Waals surface area contributed by atoms with Crippen molar-refractivity contribution >= 4 is 7.92 Å². The Morgan fingerprint density at radius 2 is 2.00 bits per heavy atom. The molecule has 2 rings (SSSR count). The lowest BCUT2D eigenvalue weighted by molar-refractivity contribution is 0.777. The third kappa shape index (κ3) is 2.15. The molecule has 0 amide bonds. The molecular weight excluding hydrogens is 189 g/mol. The molecule has 2 atom stereocenters. The van der Waals surface area contributed by atoms with Crippen molar-refractivity contribution < 1.29 is 0 Å². The number of hydrogen-bond acceptors (Lipinski definition) is 1. The summed E-state index contributed by atoms with van der Waals surface area (Å²) in [7, 11) is 0.194. The molecule has 0 radical (unpaired) electrons. The van der Waals surface area contributed by atoms with Crippen LogP contribution in [0.5, 0.6) is 0 Å². The van der Waals surface area contributed by atoms with Gasteiger partial charge >= 0.3 is 0 Å². The average molecular weight is 207 g/mol. The topological polar surface area (TPSA) is 12.9 Å². The van der Waals surface area contributed by atoms with Gasteiger partial charge in [0.2, 0.25) is 0 Å². The van der Waals surface area contributed by atoms with Crippen LogP contribution in [0.3, 0.4) is 0 Å². The van der Waals surface area contributed by atoms with Gasteiger partial charge in [0, 0.05) is 18.1 Å². The first kappa shape index (κ1) is 10.1. The number of nitrogens with zero attached hydrogens (tertiary/aromatic N) is 1. The van der Waals surface area contributed by atoms with E-state index < -0.39 is 0 Å². The molecule has 2 heteroatoms. The van der Waals surface area contributed by atoms with Gasteiger partial charge in [0.1, 0.15) is 0 Å². The SMILES string of the molecule is CC1CCC(C)P1Cc1ccccn1. The van der Waals surface area contributed by atoms with Crippen LogP contribution >= 0.6 is 7.92 Å². The van der Waals surface area contributed by atoms with Crippen LogP contribution in [-0.2, 0) is 6.16 Å². The van der Waals surface area contributed by atoms with Crippen LogP contribution < -0.4 is 0 Å². The van der Waals surface area contributed by atoms with Gasteiger partial charge in [-0.2, -0.15) is 0 Å². The van der Waals surface area contributed by atoms with Gasteiger partial charge in [-0.25, -0.2) is 0 Å². The third-order valence-corrected chi connectivity index (χ3v) is 6.68. The molecule has 2 heterocycles. The summed E-state index contributed by atoms with van der Waals surface area (Å²) in [6, 6.07) is 6.27. The Bertz CT molecular complexity index is 276. The standard InChI is InChI=1S/C12H18NP/c1-10-6-7-11(2)14(10)9-12-5-3-4-8-13-12/h3-5,8,10-11H,6-7,9H2,1-2H3. The fourth-order valence-electron chi connectivity index (χ4n) is 2.24. The smallest absolute Gasteiger partial charge is 0.0446 e. The Hall–Kier alpha value is -0.420. The summed E-state index contributed by atoms with van der Waals surface area (Å²) >= 11 is 0. The zero-order chi connectivity index (χ0) is 9.97. The summed E-state index contributed by atoms with van der Waals surface area (Å²) in [5.74, 6) is 0. The molecule has 76 valence electrons. The van der Waals surface area contributed by atoms with Gasteiger partial charge in [0.05, 0.1) is 0 Å². The molecule has 1 saturated heterocycles. The predicted molar refractivity (Wildman–Crippen MR) is 63.0 cm³/mol. The molecule has 1 aliphatic heterocycles. The van der Waals surface area contributed by atoms with E-state index in [9.17, 15) is 0 Å². The highest BCUT2D eigenvalue weighted by atomic mass is 31.1. The second-order valence-corrected chi connectivity index (χ2v) is 7.38. The van der Waals surface area contributed by atoms with E-state index in [0.29, 0.717) is 0 Å². The van der Waals surface area contributed by atoms with Crippen molar-refractivity contribution in [1.82, 2.24) is 4.98 Å². The molecule has 0 saturated carbocycles. The Labute approximate surface area is 87.7 Å². The zero-order valence-corrected chi connectivity index (χ0v) is 9.87. The van der Waals surface area contributed by atoms with Crippen molar-refractivity contribution in [2.75, 3.05) is 0 Å². The Morgan fingerprint density at radius 1 is 1.29 bits per heavy atom. The van der Waals surface area contributed by atoms with E-state index in [0.717, 1.165) is 11.3 Å². The lowest BCUT2D eigenvalue weighted by Gasteiger charge is -2.20. The second kappa shape index (κ2) is 4.40. The third-order valence-electron chi connectivity index (χ3n) is 3.21. The molecule has 0 spiro atoms. The molecule has 0 bridgehead atoms. The summed E-state index contributed by atoms with van der Waals surface area (Å²) in [5.41, 5.74) is 3.18. The van der Waals surface area contributed by atoms with Crippen molar-refractivity contribution in [1.29, 1.82) is 0 Å². The van der Waals surface area contributed by atoms with Gasteiger partial charge < -0.3 is 0 Å². The largest absolute Gasteiger partial charge is 0.261 e. The molecule has 1 nitrogen and oxygen atoms in total. The van der Waals surface area contributed by atoms with Crippen LogP contribution in [0.1, 0.15) is 32.4 Å². The molecular formula is C12H18NP. The first-order valence-electron chi connectivity index (χ1n) is 5.43. The van der Waals surface area contributed by atoms with Crippen molar-refractivity contribution in [3.63, 3.8) is 0 Å². The molecule has 0 aromatic carbocycles. The van der Waals surface area contributed by atoms with Crippen molar-refractivity contribution in [3.8, 4) is 0 Å². The predicted octanol–water partition coefficient (Wildman–Crippen LogP) is 3.63. The van der Waals surface area contributed by atoms with Crippen LogP contribution in [-0.4, -0.2) is 16.3 Å². The fraction of sp³-hybridized carbons (Fsp3) is 0.583. The van der Waals surface area contributed by atoms with E-state index in [1.54, 1.807) is 0 Å². The molecule has 1 aromatic rings. The number of rotatable bonds is 2. The lowest BCUT2D eigenvalue weighted by atomic mass is 10.2. The van der Waals surface area contributed by atoms with Gasteiger partial charge in [-0.15, -0.1) is 0 Å². The normalized spacial score (nSPS) is 32.0. The summed E-state index contributed by atoms with van der Waals surface area (Å²) in [6.45, 7) is 4.83. The van der Waals surface area contributed by atoms with Crippen LogP contribution in [0.15, 0.2) is 24.4 Å². The molecule has 1 aliphatic rings. The van der Waals surface area contributed by atoms with Crippen LogP contribution in [0, 0.1) is 0 Å². The minimum atomic E-state index is 0.194.